The van der Waals surface area contributed by atoms with Gasteiger partial charge in [-0.1, -0.05) is 11.2 Å². The molecular formula is C4H11NO4S. The minimum absolute atomic E-state index is 0.611. The molecule has 0 radical (unpaired) electrons. The third-order valence-corrected chi connectivity index (χ3v) is 0.305. The van der Waals surface area contributed by atoms with Gasteiger partial charge < -0.3 is 9.66 Å². The summed E-state index contributed by atoms with van der Waals surface area (Å²) in [5, 5.41) is 17.2. The topological polar surface area (TPSA) is 86.4 Å². The van der Waals surface area contributed by atoms with E-state index in [1.54, 1.807) is 12.5 Å². The van der Waals surface area contributed by atoms with Crippen molar-refractivity contribution in [3.05, 3.63) is 10.1 Å². The predicted octanol–water partition coefficient (Wildman–Crippen LogP) is -0.404. The first-order chi connectivity index (χ1) is 4.37. The van der Waals surface area contributed by atoms with E-state index in [1.807, 2.05) is 0 Å². The Balaban J connectivity index is 0. The van der Waals surface area contributed by atoms with Crippen molar-refractivity contribution in [1.82, 2.24) is 0 Å². The summed E-state index contributed by atoms with van der Waals surface area (Å²) < 4.78 is 9.56. The Bertz CT molecular complexity index is 92.5. The first-order valence-electron chi connectivity index (χ1n) is 2.44. The summed E-state index contributed by atoms with van der Waals surface area (Å²) in [7, 11) is 0. The van der Waals surface area contributed by atoms with Crippen LogP contribution in [0.1, 0.15) is 6.92 Å². The van der Waals surface area contributed by atoms with Gasteiger partial charge in [0.05, 0.1) is 17.4 Å². The molecule has 1 atom stereocenters. The fourth-order valence-corrected chi connectivity index (χ4v) is 0. The van der Waals surface area contributed by atoms with Crippen LogP contribution in [-0.4, -0.2) is 33.3 Å². The maximum atomic E-state index is 9.56. The Morgan fingerprint density at radius 1 is 1.60 bits per heavy atom. The summed E-state index contributed by atoms with van der Waals surface area (Å²) in [4.78, 5) is 8.48. The van der Waals surface area contributed by atoms with Crippen molar-refractivity contribution < 1.29 is 14.6 Å². The lowest BCUT2D eigenvalue weighted by Crippen LogP contribution is -2.12. The monoisotopic (exact) mass is 169 g/mol. The molecule has 0 aliphatic rings. The highest BCUT2D eigenvalue weighted by Gasteiger charge is 2.01. The second kappa shape index (κ2) is 6.79. The van der Waals surface area contributed by atoms with Crippen LogP contribution in [0.25, 0.3) is 0 Å². The van der Waals surface area contributed by atoms with Crippen LogP contribution in [0.4, 0.5) is 0 Å². The number of aliphatic hydroxyl groups excluding tert-OH is 1. The molecule has 6 heteroatoms. The van der Waals surface area contributed by atoms with E-state index in [-0.39, 0.29) is 0 Å². The standard InChI is InChI=1S/C2H5NO3.C2H6OS/c1-2(4)3(5)6;1-4(2)3/h2,4H,1H3;1-2H3. The van der Waals surface area contributed by atoms with Crippen LogP contribution >= 0.6 is 0 Å². The van der Waals surface area contributed by atoms with Crippen molar-refractivity contribution in [1.29, 1.82) is 0 Å². The van der Waals surface area contributed by atoms with Crippen LogP contribution in [0.15, 0.2) is 0 Å². The quantitative estimate of drug-likeness (QED) is 0.250. The number of nitrogens with zero attached hydrogens (tertiary/aromatic N) is 1. The number of hydrogen-bond donors (Lipinski definition) is 1. The van der Waals surface area contributed by atoms with Gasteiger partial charge in [-0.15, -0.1) is 0 Å². The lowest BCUT2D eigenvalue weighted by molar-refractivity contribution is -0.565. The van der Waals surface area contributed by atoms with Gasteiger partial charge >= 0.3 is 6.23 Å². The molecule has 0 saturated carbocycles. The molecule has 62 valence electrons. The summed E-state index contributed by atoms with van der Waals surface area (Å²) in [5.74, 6) is 0. The maximum absolute atomic E-state index is 9.56. The van der Waals surface area contributed by atoms with Crippen molar-refractivity contribution >= 4 is 11.2 Å². The van der Waals surface area contributed by atoms with Gasteiger partial charge in [0.15, 0.2) is 0 Å². The maximum Gasteiger partial charge on any atom is 0.310 e. The molecule has 1 N–H and O–H groups in total. The summed E-state index contributed by atoms with van der Waals surface area (Å²) in [6, 6.07) is 0. The zero-order chi connectivity index (χ0) is 8.73. The molecule has 0 amide bonds. The third-order valence-electron chi connectivity index (χ3n) is 0.305. The molecule has 0 aromatic rings. The molecule has 0 bridgehead atoms. The van der Waals surface area contributed by atoms with Crippen molar-refractivity contribution in [2.45, 2.75) is 13.2 Å². The molecule has 0 aromatic heterocycles. The van der Waals surface area contributed by atoms with Crippen molar-refractivity contribution in [3.63, 3.8) is 0 Å². The summed E-state index contributed by atoms with van der Waals surface area (Å²) in [6.45, 7) is 1.10. The summed E-state index contributed by atoms with van der Waals surface area (Å²) in [6.07, 6.45) is 1.85. The fraction of sp³-hybridized carbons (Fsp3) is 1.00. The summed E-state index contributed by atoms with van der Waals surface area (Å²) in [5.41, 5.74) is 0. The van der Waals surface area contributed by atoms with Crippen LogP contribution in [0.2, 0.25) is 0 Å². The first kappa shape index (κ1) is 12.4. The van der Waals surface area contributed by atoms with Crippen molar-refractivity contribution in [2.75, 3.05) is 12.5 Å². The third kappa shape index (κ3) is 25.3. The summed E-state index contributed by atoms with van der Waals surface area (Å²) >= 11 is -0.611. The van der Waals surface area contributed by atoms with Gasteiger partial charge in [-0.05, 0) is 0 Å². The zero-order valence-corrected chi connectivity index (χ0v) is 6.92. The number of rotatable bonds is 1. The van der Waals surface area contributed by atoms with Gasteiger partial charge in [-0.2, -0.15) is 0 Å². The van der Waals surface area contributed by atoms with Crippen LogP contribution in [-0.2, 0) is 11.2 Å². The molecule has 0 rings (SSSR count). The Morgan fingerprint density at radius 3 is 1.70 bits per heavy atom. The number of nitro groups is 1. The van der Waals surface area contributed by atoms with Gasteiger partial charge in [0.2, 0.25) is 0 Å². The van der Waals surface area contributed by atoms with E-state index in [9.17, 15) is 14.7 Å². The largest absolute Gasteiger partial charge is 0.617 e. The van der Waals surface area contributed by atoms with E-state index >= 15 is 0 Å². The Kier molecular flexibility index (Phi) is 8.38. The molecule has 0 saturated heterocycles. The predicted molar refractivity (Wildman–Crippen MR) is 38.7 cm³/mol. The SMILES string of the molecule is CC(O)[N+](=O)[O-].C[S+](C)[O-]. The Hall–Kier alpha value is -0.330. The van der Waals surface area contributed by atoms with E-state index in [0.29, 0.717) is 0 Å². The van der Waals surface area contributed by atoms with Crippen LogP contribution < -0.4 is 0 Å². The first-order valence-corrected chi connectivity index (χ1v) is 4.41. The molecule has 0 aliphatic heterocycles. The Labute approximate surface area is 62.4 Å². The van der Waals surface area contributed by atoms with E-state index in [4.69, 9.17) is 5.11 Å². The molecule has 10 heavy (non-hydrogen) atoms. The zero-order valence-electron chi connectivity index (χ0n) is 6.10. The van der Waals surface area contributed by atoms with Crippen molar-refractivity contribution in [2.24, 2.45) is 0 Å². The van der Waals surface area contributed by atoms with E-state index in [2.05, 4.69) is 0 Å². The minimum atomic E-state index is -1.43. The molecule has 0 aromatic carbocycles. The van der Waals surface area contributed by atoms with Crippen molar-refractivity contribution in [3.8, 4) is 0 Å². The number of aliphatic hydroxyl groups is 1. The Morgan fingerprint density at radius 2 is 1.70 bits per heavy atom. The second-order valence-corrected chi connectivity index (χ2v) is 3.14. The van der Waals surface area contributed by atoms with E-state index < -0.39 is 22.3 Å². The molecule has 0 aliphatic carbocycles. The number of hydrogen-bond acceptors (Lipinski definition) is 4. The molecule has 0 fully saturated rings. The fourth-order valence-electron chi connectivity index (χ4n) is 0. The second-order valence-electron chi connectivity index (χ2n) is 1.66. The van der Waals surface area contributed by atoms with Crippen LogP contribution in [0.3, 0.4) is 0 Å². The van der Waals surface area contributed by atoms with Gasteiger partial charge in [-0.25, -0.2) is 0 Å². The lowest BCUT2D eigenvalue weighted by atomic mass is 10.7. The van der Waals surface area contributed by atoms with Gasteiger partial charge in [0.1, 0.15) is 0 Å². The molecule has 0 heterocycles. The van der Waals surface area contributed by atoms with Gasteiger partial charge in [0.25, 0.3) is 0 Å². The molecular weight excluding hydrogens is 158 g/mol. The highest BCUT2D eigenvalue weighted by Crippen LogP contribution is 1.75. The highest BCUT2D eigenvalue weighted by atomic mass is 32.2. The smallest absolute Gasteiger partial charge is 0.310 e. The average molecular weight is 169 g/mol. The van der Waals surface area contributed by atoms with E-state index in [1.165, 1.54) is 0 Å². The van der Waals surface area contributed by atoms with Crippen LogP contribution in [0.5, 0.6) is 0 Å². The molecule has 5 nitrogen and oxygen atoms in total. The highest BCUT2D eigenvalue weighted by molar-refractivity contribution is 7.89. The lowest BCUT2D eigenvalue weighted by Gasteiger charge is -1.87. The minimum Gasteiger partial charge on any atom is -0.617 e. The van der Waals surface area contributed by atoms with Gasteiger partial charge in [-0.3, -0.25) is 10.1 Å². The normalized spacial score (nSPS) is 11.8. The van der Waals surface area contributed by atoms with E-state index in [0.717, 1.165) is 6.92 Å². The average Bonchev–Trinajstić information content (AvgIpc) is 1.63. The van der Waals surface area contributed by atoms with Crippen LogP contribution in [0, 0.1) is 10.1 Å². The molecule has 1 unspecified atom stereocenters. The van der Waals surface area contributed by atoms with Gasteiger partial charge in [0, 0.05) is 6.92 Å². The molecule has 0 spiro atoms.